The maximum Gasteiger partial charge on any atom is 0.220 e. The topological polar surface area (TPSA) is 73.0 Å². The summed E-state index contributed by atoms with van der Waals surface area (Å²) in [5.74, 6) is 1.17. The molecule has 0 saturated carbocycles. The lowest BCUT2D eigenvalue weighted by Crippen LogP contribution is -2.41. The highest BCUT2D eigenvalue weighted by molar-refractivity contribution is 6.59. The third kappa shape index (κ3) is 4.02. The molecule has 2 atom stereocenters. The van der Waals surface area contributed by atoms with Crippen LogP contribution in [0.25, 0.3) is 16.7 Å². The average Bonchev–Trinajstić information content (AvgIpc) is 3.58. The van der Waals surface area contributed by atoms with Gasteiger partial charge in [-0.2, -0.15) is 0 Å². The minimum atomic E-state index is -1.68. The van der Waals surface area contributed by atoms with Crippen molar-refractivity contribution < 1.29 is 14.0 Å². The first-order chi connectivity index (χ1) is 17.9. The van der Waals surface area contributed by atoms with E-state index in [9.17, 15) is 0 Å². The number of aliphatic imine (C=N–C) groups is 1. The number of methoxy groups -OCH3 is 1. The molecule has 7 nitrogen and oxygen atoms in total. The summed E-state index contributed by atoms with van der Waals surface area (Å²) in [6.45, 7) is 3.32. The van der Waals surface area contributed by atoms with Gasteiger partial charge in [0.15, 0.2) is 0 Å². The normalized spacial score (nSPS) is 20.3. The molecule has 0 bridgehead atoms. The molecule has 6 radical (unpaired) electrons. The van der Waals surface area contributed by atoms with E-state index < -0.39 is 5.11 Å². The number of benzene rings is 1. The van der Waals surface area contributed by atoms with Gasteiger partial charge >= 0.3 is 0 Å². The van der Waals surface area contributed by atoms with Gasteiger partial charge in [-0.3, -0.25) is 4.98 Å². The van der Waals surface area contributed by atoms with E-state index >= 15 is 0 Å². The molecule has 0 aliphatic carbocycles. The third-order valence-electron chi connectivity index (χ3n) is 7.45. The Hall–Kier alpha value is -3.26. The van der Waals surface area contributed by atoms with Gasteiger partial charge in [-0.25, -0.2) is 4.99 Å². The molecular weight excluding hydrogens is 461 g/mol. The predicted octanol–water partition coefficient (Wildman–Crippen LogP) is 3.42. The molecule has 3 aromatic rings. The Morgan fingerprint density at radius 1 is 1.14 bits per heavy atom. The van der Waals surface area contributed by atoms with Crippen molar-refractivity contribution in [3.05, 3.63) is 71.2 Å². The molecule has 0 N–H and O–H groups in total. The summed E-state index contributed by atoms with van der Waals surface area (Å²) >= 11 is 0. The third-order valence-corrected chi connectivity index (χ3v) is 7.45. The zero-order valence-electron chi connectivity index (χ0n) is 20.9. The van der Waals surface area contributed by atoms with Crippen LogP contribution in [0.3, 0.4) is 0 Å². The van der Waals surface area contributed by atoms with Gasteiger partial charge < -0.3 is 18.9 Å². The Balaban J connectivity index is 1.55. The van der Waals surface area contributed by atoms with Crippen molar-refractivity contribution in [3.8, 4) is 11.1 Å². The number of nitrogens with zero attached hydrogens (tertiary/aromatic N) is 4. The molecule has 3 aliphatic heterocycles. The zero-order chi connectivity index (χ0) is 25.7. The molecular formula is C27H25B3N4O3. The van der Waals surface area contributed by atoms with Crippen molar-refractivity contribution in [3.63, 3.8) is 0 Å². The van der Waals surface area contributed by atoms with Gasteiger partial charge in [0.25, 0.3) is 0 Å². The quantitative estimate of drug-likeness (QED) is 0.498. The van der Waals surface area contributed by atoms with Gasteiger partial charge in [0.1, 0.15) is 5.76 Å². The number of aryl methyl sites for hydroxylation is 1. The van der Waals surface area contributed by atoms with Crippen LogP contribution in [-0.4, -0.2) is 66.3 Å². The Labute approximate surface area is 220 Å². The van der Waals surface area contributed by atoms with E-state index in [1.165, 1.54) is 5.56 Å². The fourth-order valence-electron chi connectivity index (χ4n) is 5.84. The summed E-state index contributed by atoms with van der Waals surface area (Å²) < 4.78 is 16.8. The van der Waals surface area contributed by atoms with Gasteiger partial charge in [-0.1, -0.05) is 40.6 Å². The number of fused-ring (bicyclic) bond motifs is 3. The smallest absolute Gasteiger partial charge is 0.220 e. The van der Waals surface area contributed by atoms with Crippen LogP contribution in [0.1, 0.15) is 41.6 Å². The van der Waals surface area contributed by atoms with Crippen LogP contribution in [0.4, 0.5) is 5.69 Å². The molecule has 0 amide bonds. The molecule has 0 spiro atoms. The van der Waals surface area contributed by atoms with E-state index in [1.807, 2.05) is 19.2 Å². The summed E-state index contributed by atoms with van der Waals surface area (Å²) in [5.41, 5.74) is 6.07. The van der Waals surface area contributed by atoms with E-state index in [1.54, 1.807) is 13.3 Å². The Bertz CT molecular complexity index is 1380. The van der Waals surface area contributed by atoms with Crippen molar-refractivity contribution in [1.82, 2.24) is 10.1 Å². The van der Waals surface area contributed by atoms with Gasteiger partial charge in [-0.15, -0.1) is 0 Å². The standard InChI is InChI=1S/C27H25B3N4O3/c1-15-21(25(37-33-15)27(28,29)30)18-12-19-23(31-13-18)22-20(14-32-26(22)35-2)34(19)24(16-6-4-3-5-7-16)17-8-10-36-11-9-17/h3-7,12-14,17,20,24H,8-11H2,1-2H3/t20?,24-/m1/s1. The Morgan fingerprint density at radius 2 is 1.89 bits per heavy atom. The molecule has 5 heterocycles. The number of anilines is 1. The lowest BCUT2D eigenvalue weighted by molar-refractivity contribution is 0.0573. The Kier molecular flexibility index (Phi) is 6.02. The average molecular weight is 486 g/mol. The zero-order valence-corrected chi connectivity index (χ0v) is 20.9. The van der Waals surface area contributed by atoms with Crippen LogP contribution < -0.4 is 4.90 Å². The molecule has 1 aromatic carbocycles. The molecule has 10 heteroatoms. The second-order valence-electron chi connectivity index (χ2n) is 9.86. The van der Waals surface area contributed by atoms with Gasteiger partial charge in [0.05, 0.1) is 65.4 Å². The minimum Gasteiger partial charge on any atom is -0.481 e. The van der Waals surface area contributed by atoms with E-state index in [0.29, 0.717) is 23.1 Å². The number of hydrogen-bond acceptors (Lipinski definition) is 7. The van der Waals surface area contributed by atoms with E-state index in [-0.39, 0.29) is 17.8 Å². The molecule has 2 aromatic heterocycles. The van der Waals surface area contributed by atoms with E-state index in [0.717, 1.165) is 48.6 Å². The second-order valence-corrected chi connectivity index (χ2v) is 9.86. The van der Waals surface area contributed by atoms with E-state index in [4.69, 9.17) is 42.5 Å². The summed E-state index contributed by atoms with van der Waals surface area (Å²) in [6.07, 6.45) is 5.65. The van der Waals surface area contributed by atoms with Crippen LogP contribution in [0.15, 0.2) is 58.0 Å². The predicted molar refractivity (Wildman–Crippen MR) is 145 cm³/mol. The number of aromatic nitrogens is 2. The lowest BCUT2D eigenvalue weighted by Gasteiger charge is -2.40. The summed E-state index contributed by atoms with van der Waals surface area (Å²) in [6, 6.07) is 12.7. The monoisotopic (exact) mass is 486 g/mol. The molecule has 37 heavy (non-hydrogen) atoms. The van der Waals surface area contributed by atoms with Crippen molar-refractivity contribution in [1.29, 1.82) is 0 Å². The highest BCUT2D eigenvalue weighted by atomic mass is 16.5. The molecule has 1 unspecified atom stereocenters. The van der Waals surface area contributed by atoms with Crippen molar-refractivity contribution in [2.24, 2.45) is 10.9 Å². The van der Waals surface area contributed by atoms with Crippen LogP contribution in [0, 0.1) is 12.8 Å². The number of ether oxygens (including phenoxy) is 2. The van der Waals surface area contributed by atoms with Crippen molar-refractivity contribution >= 4 is 41.0 Å². The molecule has 6 rings (SSSR count). The molecule has 180 valence electrons. The summed E-state index contributed by atoms with van der Waals surface area (Å²) in [5, 5.41) is 2.41. The first kappa shape index (κ1) is 24.1. The van der Waals surface area contributed by atoms with E-state index in [2.05, 4.69) is 45.4 Å². The van der Waals surface area contributed by atoms with Crippen molar-refractivity contribution in [2.45, 2.75) is 37.0 Å². The maximum absolute atomic E-state index is 6.02. The van der Waals surface area contributed by atoms with Crippen molar-refractivity contribution in [2.75, 3.05) is 25.2 Å². The SMILES string of the molecule is [B]C([B])([B])c1onc(C)c1-c1cnc2c(c1)N([C@H](c1ccccc1)C1CCOCC1)C1C=NC(OC)=C21. The fourth-order valence-corrected chi connectivity index (χ4v) is 5.84. The largest absolute Gasteiger partial charge is 0.481 e. The van der Waals surface area contributed by atoms with Crippen LogP contribution >= 0.6 is 0 Å². The highest BCUT2D eigenvalue weighted by Crippen LogP contribution is 2.51. The van der Waals surface area contributed by atoms with Crippen LogP contribution in [-0.2, 0) is 14.6 Å². The van der Waals surface area contributed by atoms with Crippen LogP contribution in [0.2, 0.25) is 0 Å². The molecule has 3 aliphatic rings. The molecule has 1 fully saturated rings. The molecule has 1 saturated heterocycles. The van der Waals surface area contributed by atoms with Gasteiger partial charge in [-0.05, 0) is 37.3 Å². The maximum atomic E-state index is 6.02. The fraction of sp³-hybridized carbons (Fsp3) is 0.370. The summed E-state index contributed by atoms with van der Waals surface area (Å²) in [4.78, 5) is 11.9. The van der Waals surface area contributed by atoms with Crippen LogP contribution in [0.5, 0.6) is 0 Å². The number of pyridine rings is 1. The Morgan fingerprint density at radius 3 is 2.59 bits per heavy atom. The number of rotatable bonds is 6. The lowest BCUT2D eigenvalue weighted by atomic mass is 9.41. The summed E-state index contributed by atoms with van der Waals surface area (Å²) in [7, 11) is 19.7. The highest BCUT2D eigenvalue weighted by Gasteiger charge is 2.46. The first-order valence-electron chi connectivity index (χ1n) is 12.5. The minimum absolute atomic E-state index is 0.0757. The van der Waals surface area contributed by atoms with Gasteiger partial charge in [0, 0.05) is 36.8 Å². The first-order valence-corrected chi connectivity index (χ1v) is 12.5. The number of hydrogen-bond donors (Lipinski definition) is 0. The van der Waals surface area contributed by atoms with Gasteiger partial charge in [0.2, 0.25) is 5.88 Å². The second kappa shape index (κ2) is 9.24.